The third-order valence-corrected chi connectivity index (χ3v) is 5.47. The molecular weight excluding hydrogens is 248 g/mol. The molecule has 1 fully saturated rings. The van der Waals surface area contributed by atoms with Crippen LogP contribution in [0, 0.1) is 0 Å². The van der Waals surface area contributed by atoms with Gasteiger partial charge in [0.15, 0.2) is 0 Å². The Hall–Kier alpha value is 0.160. The van der Waals surface area contributed by atoms with Crippen molar-refractivity contribution in [2.75, 3.05) is 31.9 Å². The third-order valence-electron chi connectivity index (χ3n) is 3.19. The molecule has 16 heavy (non-hydrogen) atoms. The maximum atomic E-state index is 11.6. The van der Waals surface area contributed by atoms with E-state index < -0.39 is 10.0 Å². The van der Waals surface area contributed by atoms with Crippen molar-refractivity contribution in [1.29, 1.82) is 0 Å². The lowest BCUT2D eigenvalue weighted by Crippen LogP contribution is -2.45. The molecule has 0 saturated carbocycles. The largest absolute Gasteiger partial charge is 0.303 e. The molecule has 0 unspecified atom stereocenters. The fraction of sp³-hybridized carbons (Fsp3) is 1.00. The number of hydrogen-bond acceptors (Lipinski definition) is 3. The highest BCUT2D eigenvalue weighted by Crippen LogP contribution is 2.18. The molecule has 0 aromatic heterocycles. The molecule has 1 aliphatic rings. The highest BCUT2D eigenvalue weighted by atomic mass is 35.5. The Morgan fingerprint density at radius 2 is 1.94 bits per heavy atom. The normalized spacial score (nSPS) is 20.5. The molecule has 0 aromatic rings. The van der Waals surface area contributed by atoms with Gasteiger partial charge in [-0.05, 0) is 38.9 Å². The van der Waals surface area contributed by atoms with Crippen LogP contribution >= 0.6 is 11.6 Å². The van der Waals surface area contributed by atoms with E-state index >= 15 is 0 Å². The van der Waals surface area contributed by atoms with Crippen LogP contribution in [0.1, 0.15) is 26.2 Å². The molecule has 0 aliphatic carbocycles. The van der Waals surface area contributed by atoms with Crippen LogP contribution in [0.4, 0.5) is 0 Å². The SMILES string of the molecule is CCCN1CCC(N(C)S(=O)(=O)CCl)CC1. The number of rotatable bonds is 5. The minimum absolute atomic E-state index is 0.122. The standard InChI is InChI=1S/C10H21ClN2O2S/c1-3-6-13-7-4-10(5-8-13)12(2)16(14,15)9-11/h10H,3-9H2,1-2H3. The number of halogens is 1. The van der Waals surface area contributed by atoms with Gasteiger partial charge in [0.25, 0.3) is 0 Å². The van der Waals surface area contributed by atoms with Crippen LogP contribution in [0.2, 0.25) is 0 Å². The Morgan fingerprint density at radius 1 is 1.38 bits per heavy atom. The van der Waals surface area contributed by atoms with Crippen molar-refractivity contribution in [3.8, 4) is 0 Å². The van der Waals surface area contributed by atoms with Gasteiger partial charge in [-0.3, -0.25) is 0 Å². The van der Waals surface area contributed by atoms with Crippen molar-refractivity contribution >= 4 is 21.6 Å². The van der Waals surface area contributed by atoms with Crippen LogP contribution in [0.15, 0.2) is 0 Å². The molecular formula is C10H21ClN2O2S. The van der Waals surface area contributed by atoms with Crippen molar-refractivity contribution in [3.05, 3.63) is 0 Å². The summed E-state index contributed by atoms with van der Waals surface area (Å²) >= 11 is 5.45. The molecule has 96 valence electrons. The van der Waals surface area contributed by atoms with Gasteiger partial charge in [0, 0.05) is 13.1 Å². The summed E-state index contributed by atoms with van der Waals surface area (Å²) in [7, 11) is -1.61. The Kier molecular flexibility index (Phi) is 5.50. The van der Waals surface area contributed by atoms with Gasteiger partial charge in [-0.15, -0.1) is 11.6 Å². The quantitative estimate of drug-likeness (QED) is 0.706. The molecule has 0 atom stereocenters. The Bertz CT molecular complexity index is 300. The van der Waals surface area contributed by atoms with E-state index in [0.29, 0.717) is 0 Å². The van der Waals surface area contributed by atoms with Gasteiger partial charge < -0.3 is 4.90 Å². The van der Waals surface area contributed by atoms with E-state index in [1.165, 1.54) is 4.31 Å². The number of likely N-dealkylation sites (tertiary alicyclic amines) is 1. The molecule has 6 heteroatoms. The first-order chi connectivity index (χ1) is 7.51. The maximum Gasteiger partial charge on any atom is 0.228 e. The number of hydrogen-bond donors (Lipinski definition) is 0. The predicted molar refractivity (Wildman–Crippen MR) is 67.2 cm³/mol. The summed E-state index contributed by atoms with van der Waals surface area (Å²) in [5.41, 5.74) is 0. The van der Waals surface area contributed by atoms with E-state index in [0.717, 1.165) is 38.9 Å². The second-order valence-electron chi connectivity index (χ2n) is 4.31. The molecule has 1 heterocycles. The average molecular weight is 269 g/mol. The smallest absolute Gasteiger partial charge is 0.228 e. The van der Waals surface area contributed by atoms with Crippen molar-refractivity contribution in [2.45, 2.75) is 32.2 Å². The van der Waals surface area contributed by atoms with E-state index in [1.54, 1.807) is 7.05 Å². The summed E-state index contributed by atoms with van der Waals surface area (Å²) in [5, 5.41) is -0.321. The number of alkyl halides is 1. The van der Waals surface area contributed by atoms with Crippen molar-refractivity contribution in [1.82, 2.24) is 9.21 Å². The highest BCUT2D eigenvalue weighted by molar-refractivity contribution is 7.90. The maximum absolute atomic E-state index is 11.6. The van der Waals surface area contributed by atoms with Gasteiger partial charge >= 0.3 is 0 Å². The van der Waals surface area contributed by atoms with Crippen LogP contribution in [-0.4, -0.2) is 55.6 Å². The Morgan fingerprint density at radius 3 is 2.38 bits per heavy atom. The van der Waals surface area contributed by atoms with Crippen molar-refractivity contribution < 1.29 is 8.42 Å². The van der Waals surface area contributed by atoms with Crippen molar-refractivity contribution in [2.24, 2.45) is 0 Å². The molecule has 0 N–H and O–H groups in total. The molecule has 1 rings (SSSR count). The van der Waals surface area contributed by atoms with Gasteiger partial charge in [0.1, 0.15) is 5.21 Å². The average Bonchev–Trinajstić information content (AvgIpc) is 2.29. The lowest BCUT2D eigenvalue weighted by Gasteiger charge is -2.35. The lowest BCUT2D eigenvalue weighted by atomic mass is 10.1. The lowest BCUT2D eigenvalue weighted by molar-refractivity contribution is 0.170. The second-order valence-corrected chi connectivity index (χ2v) is 6.92. The van der Waals surface area contributed by atoms with Crippen LogP contribution < -0.4 is 0 Å². The zero-order valence-electron chi connectivity index (χ0n) is 10.0. The molecule has 0 spiro atoms. The fourth-order valence-corrected chi connectivity index (χ4v) is 3.41. The summed E-state index contributed by atoms with van der Waals surface area (Å²) in [5.74, 6) is 0. The van der Waals surface area contributed by atoms with E-state index in [1.807, 2.05) is 0 Å². The molecule has 0 bridgehead atoms. The Labute approximate surface area is 104 Å². The minimum Gasteiger partial charge on any atom is -0.303 e. The number of nitrogens with zero attached hydrogens (tertiary/aromatic N) is 2. The molecule has 0 radical (unpaired) electrons. The van der Waals surface area contributed by atoms with E-state index in [4.69, 9.17) is 11.6 Å². The fourth-order valence-electron chi connectivity index (χ4n) is 2.13. The molecule has 0 aromatic carbocycles. The van der Waals surface area contributed by atoms with Crippen LogP contribution in [-0.2, 0) is 10.0 Å². The molecule has 1 saturated heterocycles. The molecule has 0 amide bonds. The van der Waals surface area contributed by atoms with Gasteiger partial charge in [-0.25, -0.2) is 12.7 Å². The van der Waals surface area contributed by atoms with E-state index in [2.05, 4.69) is 11.8 Å². The summed E-state index contributed by atoms with van der Waals surface area (Å²) < 4.78 is 24.6. The topological polar surface area (TPSA) is 40.6 Å². The molecule has 4 nitrogen and oxygen atoms in total. The predicted octanol–water partition coefficient (Wildman–Crippen LogP) is 1.32. The first-order valence-corrected chi connectivity index (χ1v) is 7.89. The second kappa shape index (κ2) is 6.19. The zero-order valence-corrected chi connectivity index (χ0v) is 11.6. The van der Waals surface area contributed by atoms with Crippen LogP contribution in [0.3, 0.4) is 0 Å². The first-order valence-electron chi connectivity index (χ1n) is 5.75. The van der Waals surface area contributed by atoms with Gasteiger partial charge in [-0.2, -0.15) is 0 Å². The summed E-state index contributed by atoms with van der Waals surface area (Å²) in [6.45, 7) is 5.25. The highest BCUT2D eigenvalue weighted by Gasteiger charge is 2.28. The molecule has 1 aliphatic heterocycles. The first kappa shape index (κ1) is 14.2. The van der Waals surface area contributed by atoms with E-state index in [9.17, 15) is 8.42 Å². The van der Waals surface area contributed by atoms with Crippen LogP contribution in [0.25, 0.3) is 0 Å². The summed E-state index contributed by atoms with van der Waals surface area (Å²) in [6.07, 6.45) is 2.97. The monoisotopic (exact) mass is 268 g/mol. The van der Waals surface area contributed by atoms with Gasteiger partial charge in [0.05, 0.1) is 0 Å². The van der Waals surface area contributed by atoms with Gasteiger partial charge in [0.2, 0.25) is 10.0 Å². The summed E-state index contributed by atoms with van der Waals surface area (Å²) in [4.78, 5) is 2.39. The van der Waals surface area contributed by atoms with Crippen LogP contribution in [0.5, 0.6) is 0 Å². The van der Waals surface area contributed by atoms with Crippen molar-refractivity contribution in [3.63, 3.8) is 0 Å². The van der Waals surface area contributed by atoms with Gasteiger partial charge in [-0.1, -0.05) is 6.92 Å². The summed E-state index contributed by atoms with van der Waals surface area (Å²) in [6, 6.07) is 0.122. The third kappa shape index (κ3) is 3.58. The number of sulfonamides is 1. The Balaban J connectivity index is 2.48. The van der Waals surface area contributed by atoms with E-state index in [-0.39, 0.29) is 11.3 Å². The minimum atomic E-state index is -3.25. The zero-order chi connectivity index (χ0) is 12.2. The number of piperidine rings is 1.